The third kappa shape index (κ3) is 2.61. The molecule has 0 radical (unpaired) electrons. The Morgan fingerprint density at radius 1 is 1.36 bits per heavy atom. The van der Waals surface area contributed by atoms with Gasteiger partial charge < -0.3 is 10.6 Å². The van der Waals surface area contributed by atoms with Crippen LogP contribution in [0.5, 0.6) is 0 Å². The molecule has 1 saturated heterocycles. The fraction of sp³-hybridized carbons (Fsp3) is 0.412. The number of nitrogens with two attached hydrogens (primary N) is 1. The summed E-state index contributed by atoms with van der Waals surface area (Å²) < 4.78 is 0. The van der Waals surface area contributed by atoms with E-state index in [1.807, 2.05) is 17.9 Å². The van der Waals surface area contributed by atoms with E-state index in [4.69, 9.17) is 5.73 Å². The zero-order valence-electron chi connectivity index (χ0n) is 13.2. The Bertz CT molecular complexity index is 693. The Kier molecular flexibility index (Phi) is 3.68. The van der Waals surface area contributed by atoms with Crippen LogP contribution in [0.4, 0.5) is 5.13 Å². The van der Waals surface area contributed by atoms with Gasteiger partial charge in [-0.15, -0.1) is 0 Å². The second-order valence-electron chi connectivity index (χ2n) is 6.60. The number of aromatic nitrogens is 1. The molecule has 1 amide bonds. The summed E-state index contributed by atoms with van der Waals surface area (Å²) in [5, 5.41) is 0.457. The van der Waals surface area contributed by atoms with E-state index in [0.29, 0.717) is 15.9 Å². The van der Waals surface area contributed by atoms with Gasteiger partial charge in [0.1, 0.15) is 4.88 Å². The number of anilines is 1. The van der Waals surface area contributed by atoms with Crippen molar-refractivity contribution in [2.24, 2.45) is 5.41 Å². The maximum absolute atomic E-state index is 12.8. The lowest BCUT2D eigenvalue weighted by atomic mass is 9.78. The summed E-state index contributed by atoms with van der Waals surface area (Å²) >= 11 is 1.28. The third-order valence-electron chi connectivity index (χ3n) is 4.44. The molecule has 1 aliphatic heterocycles. The van der Waals surface area contributed by atoms with E-state index < -0.39 is 0 Å². The summed E-state index contributed by atoms with van der Waals surface area (Å²) in [6, 6.07) is 10.4. The summed E-state index contributed by atoms with van der Waals surface area (Å²) in [5.41, 5.74) is 7.81. The molecule has 2 heterocycles. The minimum atomic E-state index is 0.0539. The van der Waals surface area contributed by atoms with Crippen molar-refractivity contribution in [3.8, 4) is 0 Å². The van der Waals surface area contributed by atoms with Crippen LogP contribution in [0.1, 0.15) is 40.7 Å². The van der Waals surface area contributed by atoms with E-state index in [1.54, 1.807) is 0 Å². The molecule has 0 spiro atoms. The van der Waals surface area contributed by atoms with Crippen LogP contribution in [0, 0.1) is 12.3 Å². The molecule has 2 aromatic rings. The normalized spacial score (nSPS) is 20.3. The van der Waals surface area contributed by atoms with Gasteiger partial charge in [0.15, 0.2) is 5.13 Å². The van der Waals surface area contributed by atoms with E-state index in [9.17, 15) is 4.79 Å². The average molecular weight is 315 g/mol. The molecule has 22 heavy (non-hydrogen) atoms. The predicted octanol–water partition coefficient (Wildman–Crippen LogP) is 3.30. The van der Waals surface area contributed by atoms with Crippen LogP contribution in [-0.4, -0.2) is 28.9 Å². The topological polar surface area (TPSA) is 59.2 Å². The van der Waals surface area contributed by atoms with E-state index in [0.717, 1.165) is 18.8 Å². The van der Waals surface area contributed by atoms with Gasteiger partial charge in [-0.3, -0.25) is 4.79 Å². The Morgan fingerprint density at radius 3 is 2.64 bits per heavy atom. The summed E-state index contributed by atoms with van der Waals surface area (Å²) in [6.07, 6.45) is 0. The molecule has 1 atom stereocenters. The predicted molar refractivity (Wildman–Crippen MR) is 90.1 cm³/mol. The number of nitrogen functional groups attached to an aromatic ring is 1. The molecule has 3 rings (SSSR count). The highest BCUT2D eigenvalue weighted by Gasteiger charge is 2.42. The largest absolute Gasteiger partial charge is 0.375 e. The van der Waals surface area contributed by atoms with E-state index in [2.05, 4.69) is 43.1 Å². The van der Waals surface area contributed by atoms with Gasteiger partial charge in [-0.05, 0) is 17.9 Å². The zero-order chi connectivity index (χ0) is 15.9. The smallest absolute Gasteiger partial charge is 0.265 e. The molecule has 0 saturated carbocycles. The van der Waals surface area contributed by atoms with Crippen LogP contribution in [0.2, 0.25) is 0 Å². The van der Waals surface area contributed by atoms with Crippen LogP contribution in [0.15, 0.2) is 30.3 Å². The lowest BCUT2D eigenvalue weighted by molar-refractivity contribution is 0.0782. The molecule has 0 aliphatic carbocycles. The van der Waals surface area contributed by atoms with Crippen LogP contribution >= 0.6 is 11.3 Å². The van der Waals surface area contributed by atoms with Gasteiger partial charge in [-0.2, -0.15) is 0 Å². The maximum Gasteiger partial charge on any atom is 0.265 e. The Labute approximate surface area is 135 Å². The Balaban J connectivity index is 1.86. The molecule has 1 aromatic carbocycles. The van der Waals surface area contributed by atoms with Crippen molar-refractivity contribution in [1.29, 1.82) is 0 Å². The fourth-order valence-corrected chi connectivity index (χ4v) is 4.09. The van der Waals surface area contributed by atoms with Crippen molar-refractivity contribution < 1.29 is 4.79 Å². The summed E-state index contributed by atoms with van der Waals surface area (Å²) in [7, 11) is 0. The number of aryl methyl sites for hydroxylation is 1. The zero-order valence-corrected chi connectivity index (χ0v) is 14.0. The van der Waals surface area contributed by atoms with Gasteiger partial charge in [0.2, 0.25) is 0 Å². The number of hydrogen-bond acceptors (Lipinski definition) is 4. The number of rotatable bonds is 2. The van der Waals surface area contributed by atoms with Crippen molar-refractivity contribution in [2.45, 2.75) is 26.7 Å². The number of amides is 1. The second kappa shape index (κ2) is 5.39. The van der Waals surface area contributed by atoms with Gasteiger partial charge >= 0.3 is 0 Å². The molecule has 4 nitrogen and oxygen atoms in total. The molecule has 116 valence electrons. The highest BCUT2D eigenvalue weighted by atomic mass is 32.1. The first-order chi connectivity index (χ1) is 10.4. The number of benzene rings is 1. The minimum Gasteiger partial charge on any atom is -0.375 e. The first-order valence-corrected chi connectivity index (χ1v) is 8.27. The van der Waals surface area contributed by atoms with Gasteiger partial charge in [-0.25, -0.2) is 4.98 Å². The highest BCUT2D eigenvalue weighted by Crippen LogP contribution is 2.43. The third-order valence-corrected chi connectivity index (χ3v) is 5.42. The number of hydrogen-bond donors (Lipinski definition) is 1. The maximum atomic E-state index is 12.8. The number of carbonyl (C=O) groups is 1. The van der Waals surface area contributed by atoms with Crippen molar-refractivity contribution >= 4 is 22.4 Å². The minimum absolute atomic E-state index is 0.0539. The molecular weight excluding hydrogens is 294 g/mol. The van der Waals surface area contributed by atoms with Gasteiger partial charge in [0.25, 0.3) is 5.91 Å². The lowest BCUT2D eigenvalue weighted by Gasteiger charge is -2.25. The molecule has 0 bridgehead atoms. The monoisotopic (exact) mass is 315 g/mol. The Morgan fingerprint density at radius 2 is 2.05 bits per heavy atom. The standard InChI is InChI=1S/C17H21N3OS/c1-11-14(22-16(18)19-11)15(21)20-9-13(17(2,3)10-20)12-7-5-4-6-8-12/h4-8,13H,9-10H2,1-3H3,(H2,18,19). The molecule has 2 N–H and O–H groups in total. The SMILES string of the molecule is Cc1nc(N)sc1C(=O)N1CC(c2ccccc2)C(C)(C)C1. The van der Waals surface area contributed by atoms with Crippen LogP contribution in [-0.2, 0) is 0 Å². The Hall–Kier alpha value is -1.88. The molecule has 1 unspecified atom stereocenters. The molecule has 5 heteroatoms. The van der Waals surface area contributed by atoms with E-state index in [-0.39, 0.29) is 11.3 Å². The van der Waals surface area contributed by atoms with Crippen LogP contribution < -0.4 is 5.73 Å². The van der Waals surface area contributed by atoms with Crippen LogP contribution in [0.25, 0.3) is 0 Å². The van der Waals surface area contributed by atoms with Crippen molar-refractivity contribution in [3.05, 3.63) is 46.5 Å². The molecule has 1 fully saturated rings. The van der Waals surface area contributed by atoms with Crippen molar-refractivity contribution in [3.63, 3.8) is 0 Å². The van der Waals surface area contributed by atoms with Gasteiger partial charge in [0.05, 0.1) is 5.69 Å². The van der Waals surface area contributed by atoms with Crippen molar-refractivity contribution in [2.75, 3.05) is 18.8 Å². The summed E-state index contributed by atoms with van der Waals surface area (Å²) in [4.78, 5) is 19.6. The quantitative estimate of drug-likeness (QED) is 0.925. The number of thiazole rings is 1. The van der Waals surface area contributed by atoms with E-state index >= 15 is 0 Å². The summed E-state index contributed by atoms with van der Waals surface area (Å²) in [6.45, 7) is 7.80. The summed E-state index contributed by atoms with van der Waals surface area (Å²) in [5.74, 6) is 0.404. The first kappa shape index (κ1) is 15.0. The fourth-order valence-electron chi connectivity index (χ4n) is 3.29. The number of likely N-dealkylation sites (tertiary alicyclic amines) is 1. The number of carbonyl (C=O) groups excluding carboxylic acids is 1. The first-order valence-electron chi connectivity index (χ1n) is 7.45. The molecule has 1 aliphatic rings. The highest BCUT2D eigenvalue weighted by molar-refractivity contribution is 7.17. The van der Waals surface area contributed by atoms with Gasteiger partial charge in [0, 0.05) is 19.0 Å². The van der Waals surface area contributed by atoms with Gasteiger partial charge in [-0.1, -0.05) is 55.5 Å². The second-order valence-corrected chi connectivity index (χ2v) is 7.63. The molecule has 1 aromatic heterocycles. The van der Waals surface area contributed by atoms with E-state index in [1.165, 1.54) is 16.9 Å². The average Bonchev–Trinajstić information content (AvgIpc) is 2.98. The van der Waals surface area contributed by atoms with Crippen molar-refractivity contribution in [1.82, 2.24) is 9.88 Å². The number of nitrogens with zero attached hydrogens (tertiary/aromatic N) is 2. The molecular formula is C17H21N3OS. The van der Waals surface area contributed by atoms with Crippen LogP contribution in [0.3, 0.4) is 0 Å². The lowest BCUT2D eigenvalue weighted by Crippen LogP contribution is -2.30.